The number of alkyl halides is 3. The summed E-state index contributed by atoms with van der Waals surface area (Å²) in [5.74, 6) is -0.810. The molecule has 1 amide bonds. The van der Waals surface area contributed by atoms with E-state index in [-0.39, 0.29) is 11.9 Å². The Balaban J connectivity index is 0.000000383. The number of aryl methyl sites for hydroxylation is 1. The molecule has 0 unspecified atom stereocenters. The summed E-state index contributed by atoms with van der Waals surface area (Å²) >= 11 is 0. The largest absolute Gasteiger partial charge is 0.490 e. The minimum absolute atomic E-state index is 0.199. The quantitative estimate of drug-likeness (QED) is 0.697. The lowest BCUT2D eigenvalue weighted by Crippen LogP contribution is -2.45. The monoisotopic (exact) mass is 468 g/mol. The first kappa shape index (κ1) is 24.5. The zero-order valence-corrected chi connectivity index (χ0v) is 18.2. The van der Waals surface area contributed by atoms with Crippen LogP contribution in [0.1, 0.15) is 44.3 Å². The van der Waals surface area contributed by atoms with E-state index in [1.165, 1.54) is 32.1 Å². The van der Waals surface area contributed by atoms with Crippen LogP contribution >= 0.6 is 0 Å². The number of carboxylic acid groups (broad SMARTS) is 1. The van der Waals surface area contributed by atoms with E-state index in [1.54, 1.807) is 6.92 Å². The van der Waals surface area contributed by atoms with E-state index in [0.717, 1.165) is 24.2 Å². The summed E-state index contributed by atoms with van der Waals surface area (Å²) in [5, 5.41) is 11.0. The van der Waals surface area contributed by atoms with E-state index in [4.69, 9.17) is 20.2 Å². The highest BCUT2D eigenvalue weighted by molar-refractivity contribution is 5.85. The molecule has 11 heteroatoms. The van der Waals surface area contributed by atoms with Crippen molar-refractivity contribution in [1.82, 2.24) is 10.1 Å². The number of aromatic nitrogens is 2. The van der Waals surface area contributed by atoms with Gasteiger partial charge in [0.15, 0.2) is 5.82 Å². The minimum Gasteiger partial charge on any atom is -0.475 e. The first-order chi connectivity index (χ1) is 15.6. The Labute approximate surface area is 188 Å². The minimum atomic E-state index is -5.08. The second-order valence-corrected chi connectivity index (χ2v) is 8.39. The molecule has 1 aliphatic heterocycles. The Morgan fingerprint density at radius 1 is 1.12 bits per heavy atom. The maximum Gasteiger partial charge on any atom is 0.490 e. The van der Waals surface area contributed by atoms with Gasteiger partial charge in [-0.1, -0.05) is 37.3 Å². The Bertz CT molecular complexity index is 955. The lowest BCUT2D eigenvalue weighted by molar-refractivity contribution is -0.192. The number of rotatable bonds is 4. The van der Waals surface area contributed by atoms with E-state index in [9.17, 15) is 18.0 Å². The van der Waals surface area contributed by atoms with Gasteiger partial charge in [-0.05, 0) is 49.4 Å². The van der Waals surface area contributed by atoms with Crippen molar-refractivity contribution in [3.8, 4) is 11.5 Å². The summed E-state index contributed by atoms with van der Waals surface area (Å²) in [6.45, 7) is 2.68. The van der Waals surface area contributed by atoms with Crippen LogP contribution in [0.3, 0.4) is 0 Å². The van der Waals surface area contributed by atoms with Crippen LogP contribution in [0.4, 0.5) is 18.9 Å². The molecule has 33 heavy (non-hydrogen) atoms. The number of hydrogen-bond donors (Lipinski definition) is 2. The molecule has 0 bridgehead atoms. The first-order valence-electron chi connectivity index (χ1n) is 10.8. The van der Waals surface area contributed by atoms with Gasteiger partial charge in [0.2, 0.25) is 5.91 Å². The average Bonchev–Trinajstić information content (AvgIpc) is 3.41. The van der Waals surface area contributed by atoms with Crippen LogP contribution in [0, 0.1) is 18.8 Å². The smallest absolute Gasteiger partial charge is 0.475 e. The Kier molecular flexibility index (Phi) is 7.60. The third-order valence-corrected chi connectivity index (χ3v) is 6.21. The van der Waals surface area contributed by atoms with Gasteiger partial charge in [0.25, 0.3) is 5.89 Å². The fourth-order valence-electron chi connectivity index (χ4n) is 4.74. The van der Waals surface area contributed by atoms with Gasteiger partial charge in [0, 0.05) is 17.8 Å². The van der Waals surface area contributed by atoms with E-state index >= 15 is 0 Å². The number of halogens is 3. The number of nitrogens with two attached hydrogens (primary N) is 1. The molecule has 1 aromatic carbocycles. The number of nitrogens with zero attached hydrogens (tertiary/aromatic N) is 3. The lowest BCUT2D eigenvalue weighted by Gasteiger charge is -2.33. The highest BCUT2D eigenvalue weighted by atomic mass is 19.4. The summed E-state index contributed by atoms with van der Waals surface area (Å²) in [7, 11) is 0. The molecule has 8 nitrogen and oxygen atoms in total. The molecular weight excluding hydrogens is 441 g/mol. The number of hydrogen-bond acceptors (Lipinski definition) is 6. The molecule has 2 fully saturated rings. The summed E-state index contributed by atoms with van der Waals surface area (Å²) in [6, 6.07) is 7.78. The molecule has 2 aliphatic rings. The molecule has 0 spiro atoms. The van der Waals surface area contributed by atoms with E-state index < -0.39 is 12.1 Å². The number of benzene rings is 1. The topological polar surface area (TPSA) is 123 Å². The standard InChI is InChI=1S/C20H26N4O2.C2HF3O2/c1-13-22-20(26-23-13)15-7-9-16(10-8-15)24-12-11-17(18(24)19(21)25)14-5-3-2-4-6-14;3-2(4,5)1(6)7/h7-10,14,17-18H,2-6,11-12H2,1H3,(H2,21,25);(H,6,7)/t17-,18-;/m0./s1. The molecular formula is C22H27F3N4O4. The number of carbonyl (C=O) groups is 2. The van der Waals surface area contributed by atoms with Gasteiger partial charge >= 0.3 is 12.1 Å². The predicted octanol–water partition coefficient (Wildman–Crippen LogP) is 3.94. The normalized spacial score (nSPS) is 21.4. The van der Waals surface area contributed by atoms with Crippen molar-refractivity contribution in [2.45, 2.75) is 57.7 Å². The van der Waals surface area contributed by atoms with Crippen LogP contribution < -0.4 is 10.6 Å². The summed E-state index contributed by atoms with van der Waals surface area (Å²) in [5.41, 5.74) is 7.75. The maximum absolute atomic E-state index is 12.3. The van der Waals surface area contributed by atoms with Crippen LogP contribution in [-0.2, 0) is 9.59 Å². The average molecular weight is 468 g/mol. The van der Waals surface area contributed by atoms with Crippen molar-refractivity contribution in [3.63, 3.8) is 0 Å². The van der Waals surface area contributed by atoms with Crippen molar-refractivity contribution < 1.29 is 32.4 Å². The van der Waals surface area contributed by atoms with E-state index in [0.29, 0.717) is 23.6 Å². The molecule has 1 aliphatic carbocycles. The van der Waals surface area contributed by atoms with Crippen molar-refractivity contribution in [2.24, 2.45) is 17.6 Å². The molecule has 180 valence electrons. The molecule has 4 rings (SSSR count). The van der Waals surface area contributed by atoms with Crippen LogP contribution in [0.2, 0.25) is 0 Å². The van der Waals surface area contributed by atoms with Crippen LogP contribution in [0.5, 0.6) is 0 Å². The zero-order chi connectivity index (χ0) is 24.2. The molecule has 0 radical (unpaired) electrons. The van der Waals surface area contributed by atoms with Crippen LogP contribution in [0.15, 0.2) is 28.8 Å². The SMILES string of the molecule is Cc1noc(-c2ccc(N3CC[C@@H](C4CCCCC4)[C@H]3C(N)=O)cc2)n1.O=C(O)C(F)(F)F. The first-order valence-corrected chi connectivity index (χ1v) is 10.8. The molecule has 1 aromatic heterocycles. The highest BCUT2D eigenvalue weighted by Crippen LogP contribution is 2.40. The second kappa shape index (κ2) is 10.2. The molecule has 2 heterocycles. The Morgan fingerprint density at radius 3 is 2.21 bits per heavy atom. The maximum atomic E-state index is 12.3. The second-order valence-electron chi connectivity index (χ2n) is 8.39. The summed E-state index contributed by atoms with van der Waals surface area (Å²) < 4.78 is 37.0. The van der Waals surface area contributed by atoms with Crippen molar-refractivity contribution >= 4 is 17.6 Å². The predicted molar refractivity (Wildman–Crippen MR) is 113 cm³/mol. The number of carboxylic acids is 1. The number of aliphatic carboxylic acids is 1. The van der Waals surface area contributed by atoms with Crippen LogP contribution in [0.25, 0.3) is 11.5 Å². The van der Waals surface area contributed by atoms with Gasteiger partial charge in [-0.15, -0.1) is 0 Å². The number of amides is 1. The zero-order valence-electron chi connectivity index (χ0n) is 18.2. The molecule has 1 saturated carbocycles. The van der Waals surface area contributed by atoms with E-state index in [1.807, 2.05) is 24.3 Å². The Hall–Kier alpha value is -3.11. The third-order valence-electron chi connectivity index (χ3n) is 6.21. The third kappa shape index (κ3) is 6.02. The Morgan fingerprint density at radius 2 is 1.73 bits per heavy atom. The van der Waals surface area contributed by atoms with E-state index in [2.05, 4.69) is 15.0 Å². The van der Waals surface area contributed by atoms with Crippen LogP contribution in [-0.4, -0.2) is 45.9 Å². The fraction of sp³-hybridized carbons (Fsp3) is 0.545. The van der Waals surface area contributed by atoms with Gasteiger partial charge in [0.05, 0.1) is 0 Å². The van der Waals surface area contributed by atoms with Gasteiger partial charge in [-0.3, -0.25) is 4.79 Å². The van der Waals surface area contributed by atoms with Crippen molar-refractivity contribution in [2.75, 3.05) is 11.4 Å². The fourth-order valence-corrected chi connectivity index (χ4v) is 4.74. The summed E-state index contributed by atoms with van der Waals surface area (Å²) in [6.07, 6.45) is 2.32. The number of carbonyl (C=O) groups excluding carboxylic acids is 1. The lowest BCUT2D eigenvalue weighted by atomic mass is 9.76. The van der Waals surface area contributed by atoms with Gasteiger partial charge in [-0.2, -0.15) is 18.2 Å². The number of primary amides is 1. The molecule has 1 saturated heterocycles. The van der Waals surface area contributed by atoms with Crippen molar-refractivity contribution in [1.29, 1.82) is 0 Å². The van der Waals surface area contributed by atoms with Gasteiger partial charge < -0.3 is 20.3 Å². The highest BCUT2D eigenvalue weighted by Gasteiger charge is 2.42. The van der Waals surface area contributed by atoms with Gasteiger partial charge in [-0.25, -0.2) is 4.79 Å². The molecule has 2 aromatic rings. The number of anilines is 1. The van der Waals surface area contributed by atoms with Gasteiger partial charge in [0.1, 0.15) is 6.04 Å². The molecule has 2 atom stereocenters. The van der Waals surface area contributed by atoms with Crippen molar-refractivity contribution in [3.05, 3.63) is 30.1 Å². The molecule has 3 N–H and O–H groups in total. The summed E-state index contributed by atoms with van der Waals surface area (Å²) in [4.78, 5) is 27.6.